The van der Waals surface area contributed by atoms with Crippen molar-refractivity contribution in [3.05, 3.63) is 124 Å². The van der Waals surface area contributed by atoms with E-state index in [9.17, 15) is 9.59 Å². The molecule has 0 radical (unpaired) electrons. The van der Waals surface area contributed by atoms with Gasteiger partial charge in [0.1, 0.15) is 12.4 Å². The average Bonchev–Trinajstić information content (AvgIpc) is 3.18. The largest absolute Gasteiger partial charge is 0.482 e. The lowest BCUT2D eigenvalue weighted by molar-refractivity contribution is -0.139. The second kappa shape index (κ2) is 10.1. The lowest BCUT2D eigenvalue weighted by Crippen LogP contribution is -2.31. The molecule has 0 bridgehead atoms. The number of alkyl carbamates (subject to hydrolysis) is 1. The van der Waals surface area contributed by atoms with Gasteiger partial charge in [0, 0.05) is 5.92 Å². The number of hydrogen-bond acceptors (Lipinski definition) is 4. The van der Waals surface area contributed by atoms with Gasteiger partial charge >= 0.3 is 12.1 Å². The van der Waals surface area contributed by atoms with E-state index >= 15 is 0 Å². The summed E-state index contributed by atoms with van der Waals surface area (Å²) in [6.45, 7) is -0.163. The molecule has 0 fully saturated rings. The molecular weight excluding hydrogens is 478 g/mol. The summed E-state index contributed by atoms with van der Waals surface area (Å²) in [6.07, 6.45) is 1.07. The van der Waals surface area contributed by atoms with Crippen LogP contribution in [0.5, 0.6) is 5.75 Å². The molecule has 6 heteroatoms. The number of nitrogens with one attached hydrogen (secondary N) is 1. The van der Waals surface area contributed by atoms with Crippen LogP contribution < -0.4 is 10.1 Å². The van der Waals surface area contributed by atoms with E-state index in [1.807, 2.05) is 54.6 Å². The first-order chi connectivity index (χ1) is 18.6. The van der Waals surface area contributed by atoms with E-state index in [4.69, 9.17) is 14.6 Å². The van der Waals surface area contributed by atoms with Gasteiger partial charge in [0.2, 0.25) is 0 Å². The summed E-state index contributed by atoms with van der Waals surface area (Å²) in [5, 5.41) is 12.1. The second-order valence-corrected chi connectivity index (χ2v) is 9.64. The molecule has 38 heavy (non-hydrogen) atoms. The number of carbonyl (C=O) groups is 2. The van der Waals surface area contributed by atoms with Crippen LogP contribution in [-0.4, -0.2) is 30.4 Å². The van der Waals surface area contributed by atoms with E-state index < -0.39 is 24.7 Å². The van der Waals surface area contributed by atoms with Crippen molar-refractivity contribution in [3.63, 3.8) is 0 Å². The monoisotopic (exact) mass is 505 g/mol. The molecule has 0 heterocycles. The first-order valence-corrected chi connectivity index (χ1v) is 12.7. The van der Waals surface area contributed by atoms with E-state index in [1.54, 1.807) is 6.07 Å². The highest BCUT2D eigenvalue weighted by molar-refractivity contribution is 5.79. The number of aryl methyl sites for hydroxylation is 2. The lowest BCUT2D eigenvalue weighted by Gasteiger charge is -2.23. The predicted molar refractivity (Wildman–Crippen MR) is 143 cm³/mol. The minimum atomic E-state index is -1.03. The van der Waals surface area contributed by atoms with Crippen molar-refractivity contribution in [3.8, 4) is 16.9 Å². The smallest absolute Gasteiger partial charge is 0.407 e. The van der Waals surface area contributed by atoms with Crippen LogP contribution in [0.15, 0.2) is 91.0 Å². The predicted octanol–water partition coefficient (Wildman–Crippen LogP) is 5.88. The molecule has 0 saturated heterocycles. The van der Waals surface area contributed by atoms with Crippen molar-refractivity contribution in [2.24, 2.45) is 0 Å². The van der Waals surface area contributed by atoms with Crippen LogP contribution in [-0.2, 0) is 22.4 Å². The van der Waals surface area contributed by atoms with Crippen LogP contribution in [0.3, 0.4) is 0 Å². The van der Waals surface area contributed by atoms with Gasteiger partial charge in [0.05, 0.1) is 6.04 Å². The zero-order chi connectivity index (χ0) is 26.1. The number of amides is 1. The minimum absolute atomic E-state index is 0.0178. The molecule has 0 saturated carbocycles. The molecule has 190 valence electrons. The van der Waals surface area contributed by atoms with Gasteiger partial charge in [-0.1, -0.05) is 78.9 Å². The van der Waals surface area contributed by atoms with Gasteiger partial charge in [-0.15, -0.1) is 0 Å². The molecule has 1 amide bonds. The molecular formula is C32H27NO5. The van der Waals surface area contributed by atoms with Gasteiger partial charge in [-0.25, -0.2) is 9.59 Å². The third kappa shape index (κ3) is 4.50. The third-order valence-corrected chi connectivity index (χ3v) is 7.42. The molecule has 4 aromatic rings. The van der Waals surface area contributed by atoms with Gasteiger partial charge in [-0.2, -0.15) is 0 Å². The Kier molecular flexibility index (Phi) is 6.30. The highest BCUT2D eigenvalue weighted by Crippen LogP contribution is 2.44. The number of fused-ring (bicyclic) bond motifs is 5. The molecule has 2 N–H and O–H groups in total. The standard InChI is InChI=1S/C32H27NO5/c34-30(35)19-37-22-15-16-24-21(17-22)14-13-20-7-1-2-8-23(20)31(24)33-32(36)38-18-29-27-11-5-3-9-25(27)26-10-4-6-12-28(26)29/h1-12,15-17,29,31H,13-14,18-19H2,(H,33,36)(H,34,35)/t31-/m1/s1. The summed E-state index contributed by atoms with van der Waals surface area (Å²) < 4.78 is 11.3. The SMILES string of the molecule is O=C(O)COc1ccc2c(c1)CCc1ccccc1[C@H]2NC(=O)OCC1c2ccccc2-c2ccccc21. The van der Waals surface area contributed by atoms with Crippen molar-refractivity contribution in [2.75, 3.05) is 13.2 Å². The van der Waals surface area contributed by atoms with Crippen LogP contribution >= 0.6 is 0 Å². The summed E-state index contributed by atoms with van der Waals surface area (Å²) >= 11 is 0. The number of carboxylic acid groups (broad SMARTS) is 1. The number of carbonyl (C=O) groups excluding carboxylic acids is 1. The molecule has 6 rings (SSSR count). The van der Waals surface area contributed by atoms with Gasteiger partial charge in [-0.3, -0.25) is 0 Å². The maximum absolute atomic E-state index is 13.2. The van der Waals surface area contributed by atoms with Gasteiger partial charge in [0.25, 0.3) is 0 Å². The molecule has 0 unspecified atom stereocenters. The summed E-state index contributed by atoms with van der Waals surface area (Å²) in [5.41, 5.74) is 8.84. The summed E-state index contributed by atoms with van der Waals surface area (Å²) in [5.74, 6) is -0.546. The van der Waals surface area contributed by atoms with Gasteiger partial charge in [-0.05, 0) is 69.5 Å². The Bertz CT molecular complexity index is 1480. The Morgan fingerprint density at radius 1 is 0.763 bits per heavy atom. The Morgan fingerprint density at radius 2 is 1.37 bits per heavy atom. The normalized spacial score (nSPS) is 15.3. The van der Waals surface area contributed by atoms with Crippen molar-refractivity contribution < 1.29 is 24.2 Å². The first kappa shape index (κ1) is 23.8. The highest BCUT2D eigenvalue weighted by Gasteiger charge is 2.30. The summed E-state index contributed by atoms with van der Waals surface area (Å²) in [7, 11) is 0. The van der Waals surface area contributed by atoms with Crippen LogP contribution in [0.4, 0.5) is 4.79 Å². The molecule has 2 aliphatic carbocycles. The average molecular weight is 506 g/mol. The molecule has 4 aromatic carbocycles. The van der Waals surface area contributed by atoms with Crippen molar-refractivity contribution in [1.82, 2.24) is 5.32 Å². The van der Waals surface area contributed by atoms with E-state index in [0.29, 0.717) is 5.75 Å². The highest BCUT2D eigenvalue weighted by atomic mass is 16.5. The zero-order valence-corrected chi connectivity index (χ0v) is 20.7. The second-order valence-electron chi connectivity index (χ2n) is 9.64. The third-order valence-electron chi connectivity index (χ3n) is 7.42. The molecule has 0 spiro atoms. The minimum Gasteiger partial charge on any atom is -0.482 e. The molecule has 2 aliphatic rings. The van der Waals surface area contributed by atoms with Crippen LogP contribution in [0.2, 0.25) is 0 Å². The van der Waals surface area contributed by atoms with Gasteiger partial charge < -0.3 is 19.9 Å². The number of hydrogen-bond donors (Lipinski definition) is 2. The van der Waals surface area contributed by atoms with Gasteiger partial charge in [0.15, 0.2) is 6.61 Å². The fourth-order valence-corrected chi connectivity index (χ4v) is 5.71. The Labute approximate surface area is 220 Å². The van der Waals surface area contributed by atoms with Crippen LogP contribution in [0.1, 0.15) is 45.3 Å². The fraction of sp³-hybridized carbons (Fsp3) is 0.188. The fourth-order valence-electron chi connectivity index (χ4n) is 5.71. The van der Waals surface area contributed by atoms with Crippen LogP contribution in [0, 0.1) is 0 Å². The Balaban J connectivity index is 1.24. The molecule has 0 aliphatic heterocycles. The van der Waals surface area contributed by atoms with Crippen LogP contribution in [0.25, 0.3) is 11.1 Å². The van der Waals surface area contributed by atoms with Crippen molar-refractivity contribution >= 4 is 12.1 Å². The first-order valence-electron chi connectivity index (χ1n) is 12.7. The summed E-state index contributed by atoms with van der Waals surface area (Å²) in [4.78, 5) is 24.2. The molecule has 0 aromatic heterocycles. The van der Waals surface area contributed by atoms with Crippen molar-refractivity contribution in [1.29, 1.82) is 0 Å². The maximum Gasteiger partial charge on any atom is 0.407 e. The number of rotatable bonds is 6. The summed E-state index contributed by atoms with van der Waals surface area (Å²) in [6, 6.07) is 29.8. The lowest BCUT2D eigenvalue weighted by atomic mass is 9.94. The molecule has 1 atom stereocenters. The number of carboxylic acids is 1. The van der Waals surface area contributed by atoms with E-state index in [1.165, 1.54) is 22.3 Å². The van der Waals surface area contributed by atoms with Crippen molar-refractivity contribution in [2.45, 2.75) is 24.8 Å². The number of benzene rings is 4. The quantitative estimate of drug-likeness (QED) is 0.342. The maximum atomic E-state index is 13.2. The van der Waals surface area contributed by atoms with E-state index in [2.05, 4.69) is 35.6 Å². The Hall–Kier alpha value is -4.58. The molecule has 6 nitrogen and oxygen atoms in total. The number of ether oxygens (including phenoxy) is 2. The Morgan fingerprint density at radius 3 is 2.08 bits per heavy atom. The van der Waals surface area contributed by atoms with E-state index in [0.717, 1.165) is 35.1 Å². The van der Waals surface area contributed by atoms with E-state index in [-0.39, 0.29) is 12.5 Å². The zero-order valence-electron chi connectivity index (χ0n) is 20.7. The topological polar surface area (TPSA) is 84.9 Å². The number of aliphatic carboxylic acids is 1.